The maximum absolute atomic E-state index is 13.2. The van der Waals surface area contributed by atoms with Gasteiger partial charge in [-0.05, 0) is 43.4 Å². The minimum atomic E-state index is -0.672. The van der Waals surface area contributed by atoms with Gasteiger partial charge in [-0.15, -0.1) is 0 Å². The van der Waals surface area contributed by atoms with Crippen LogP contribution in [0.15, 0.2) is 0 Å². The quantitative estimate of drug-likeness (QED) is 0.0800. The third kappa shape index (κ3) is 19.0. The number of hydrogen-bond acceptors (Lipinski definition) is 2. The van der Waals surface area contributed by atoms with Crippen molar-refractivity contribution in [3.05, 3.63) is 0 Å². The Kier molecular flexibility index (Phi) is 25.9. The zero-order chi connectivity index (χ0) is 30.8. The van der Waals surface area contributed by atoms with Crippen molar-refractivity contribution in [1.29, 1.82) is 0 Å². The van der Waals surface area contributed by atoms with Gasteiger partial charge in [-0.2, -0.15) is 0 Å². The van der Waals surface area contributed by atoms with Gasteiger partial charge in [0.05, 0.1) is 5.41 Å². The molecule has 0 aliphatic rings. The molecule has 0 aliphatic carbocycles. The highest BCUT2D eigenvalue weighted by molar-refractivity contribution is 5.75. The molecule has 0 saturated heterocycles. The van der Waals surface area contributed by atoms with Crippen molar-refractivity contribution < 1.29 is 19.8 Å². The molecule has 4 heteroatoms. The molecule has 0 amide bonds. The predicted molar refractivity (Wildman–Crippen MR) is 177 cm³/mol. The number of aliphatic carboxylic acids is 2. The average Bonchev–Trinajstić information content (AvgIpc) is 2.96. The van der Waals surface area contributed by atoms with Crippen molar-refractivity contribution >= 4 is 11.9 Å². The predicted octanol–water partition coefficient (Wildman–Crippen LogP) is 12.2. The van der Waals surface area contributed by atoms with Crippen LogP contribution in [-0.2, 0) is 9.59 Å². The van der Waals surface area contributed by atoms with Crippen molar-refractivity contribution in [3.63, 3.8) is 0 Å². The number of unbranched alkanes of at least 4 members (excludes halogenated alkanes) is 14. The van der Waals surface area contributed by atoms with Crippen LogP contribution in [0.4, 0.5) is 0 Å². The molecule has 0 radical (unpaired) electrons. The van der Waals surface area contributed by atoms with Gasteiger partial charge in [-0.3, -0.25) is 9.59 Å². The fraction of sp³-hybridized carbons (Fsp3) is 0.946. The molecular weight excluding hydrogens is 508 g/mol. The van der Waals surface area contributed by atoms with E-state index in [1.165, 1.54) is 109 Å². The highest BCUT2D eigenvalue weighted by Crippen LogP contribution is 2.47. The van der Waals surface area contributed by atoms with Crippen molar-refractivity contribution in [2.45, 2.75) is 202 Å². The molecule has 0 aromatic carbocycles. The van der Waals surface area contributed by atoms with Crippen LogP contribution in [0.1, 0.15) is 202 Å². The van der Waals surface area contributed by atoms with E-state index in [9.17, 15) is 14.7 Å². The van der Waals surface area contributed by atoms with Crippen LogP contribution in [0.25, 0.3) is 0 Å². The molecule has 0 saturated carbocycles. The maximum Gasteiger partial charge on any atom is 0.309 e. The number of carbonyl (C=O) groups is 2. The van der Waals surface area contributed by atoms with Crippen LogP contribution < -0.4 is 0 Å². The second-order valence-electron chi connectivity index (χ2n) is 13.3. The second kappa shape index (κ2) is 26.6. The topological polar surface area (TPSA) is 74.6 Å². The second-order valence-corrected chi connectivity index (χ2v) is 13.3. The van der Waals surface area contributed by atoms with E-state index < -0.39 is 17.4 Å². The minimum Gasteiger partial charge on any atom is -0.481 e. The summed E-state index contributed by atoms with van der Waals surface area (Å²) in [7, 11) is 0. The van der Waals surface area contributed by atoms with Crippen molar-refractivity contribution in [1.82, 2.24) is 0 Å². The van der Waals surface area contributed by atoms with Crippen LogP contribution in [0.2, 0.25) is 0 Å². The number of rotatable bonds is 31. The first-order valence-corrected chi connectivity index (χ1v) is 18.3. The summed E-state index contributed by atoms with van der Waals surface area (Å²) in [6, 6.07) is 0. The van der Waals surface area contributed by atoms with E-state index in [0.29, 0.717) is 18.3 Å². The average molecular weight is 581 g/mol. The molecule has 0 rings (SSSR count). The molecular formula is C37H72O4. The van der Waals surface area contributed by atoms with Crippen LogP contribution in [0.5, 0.6) is 0 Å². The van der Waals surface area contributed by atoms with Gasteiger partial charge in [0.25, 0.3) is 0 Å². The molecule has 244 valence electrons. The summed E-state index contributed by atoms with van der Waals surface area (Å²) in [5.41, 5.74) is -0.562. The molecule has 0 aromatic rings. The van der Waals surface area contributed by atoms with E-state index in [0.717, 1.165) is 51.4 Å². The Hall–Kier alpha value is -1.06. The lowest BCUT2D eigenvalue weighted by molar-refractivity contribution is -0.157. The summed E-state index contributed by atoms with van der Waals surface area (Å²) in [6.07, 6.45) is 29.3. The van der Waals surface area contributed by atoms with Crippen molar-refractivity contribution in [2.75, 3.05) is 0 Å². The van der Waals surface area contributed by atoms with Crippen LogP contribution >= 0.6 is 0 Å². The van der Waals surface area contributed by atoms with Crippen LogP contribution in [-0.4, -0.2) is 22.2 Å². The SMILES string of the molecule is CCCCC(CC)CC(CC(CC)CCCC)(C(=O)O)C(CC)CCCCCCCCCCCCCCCC(=O)O. The summed E-state index contributed by atoms with van der Waals surface area (Å²) in [5.74, 6) is 0.167. The van der Waals surface area contributed by atoms with Gasteiger partial charge in [0.15, 0.2) is 0 Å². The lowest BCUT2D eigenvalue weighted by Gasteiger charge is -2.42. The fourth-order valence-electron chi connectivity index (χ4n) is 7.17. The Bertz CT molecular complexity index is 598. The first-order valence-electron chi connectivity index (χ1n) is 18.3. The molecule has 2 N–H and O–H groups in total. The summed E-state index contributed by atoms with van der Waals surface area (Å²) >= 11 is 0. The smallest absolute Gasteiger partial charge is 0.309 e. The van der Waals surface area contributed by atoms with E-state index in [2.05, 4.69) is 34.6 Å². The number of hydrogen-bond donors (Lipinski definition) is 2. The largest absolute Gasteiger partial charge is 0.481 e. The van der Waals surface area contributed by atoms with E-state index >= 15 is 0 Å². The van der Waals surface area contributed by atoms with Gasteiger partial charge >= 0.3 is 11.9 Å². The van der Waals surface area contributed by atoms with Crippen LogP contribution in [0.3, 0.4) is 0 Å². The first kappa shape index (κ1) is 39.9. The van der Waals surface area contributed by atoms with Crippen molar-refractivity contribution in [2.24, 2.45) is 23.2 Å². The molecule has 0 heterocycles. The summed E-state index contributed by atoms with van der Waals surface area (Å²) in [6.45, 7) is 11.3. The maximum atomic E-state index is 13.2. The number of carboxylic acids is 2. The molecule has 4 nitrogen and oxygen atoms in total. The third-order valence-electron chi connectivity index (χ3n) is 10.0. The Morgan fingerprint density at radius 3 is 1.22 bits per heavy atom. The standard InChI is InChI=1S/C37H72O4/c1-6-11-26-32(8-3)30-37(36(40)41,31-33(9-4)27-12-7-2)34(10-5)28-24-22-20-18-16-14-13-15-17-19-21-23-25-29-35(38)39/h32-34H,6-31H2,1-5H3,(H,38,39)(H,40,41). The highest BCUT2D eigenvalue weighted by atomic mass is 16.4. The normalized spacial score (nSPS) is 15.3. The van der Waals surface area contributed by atoms with Gasteiger partial charge in [0.2, 0.25) is 0 Å². The zero-order valence-corrected chi connectivity index (χ0v) is 28.3. The minimum absolute atomic E-state index is 0.287. The molecule has 0 spiro atoms. The molecule has 3 atom stereocenters. The fourth-order valence-corrected chi connectivity index (χ4v) is 7.17. The van der Waals surface area contributed by atoms with Gasteiger partial charge in [0, 0.05) is 6.42 Å². The van der Waals surface area contributed by atoms with Gasteiger partial charge in [0.1, 0.15) is 0 Å². The molecule has 0 aliphatic heterocycles. The third-order valence-corrected chi connectivity index (χ3v) is 10.0. The summed E-state index contributed by atoms with van der Waals surface area (Å²) in [4.78, 5) is 23.8. The Morgan fingerprint density at radius 2 is 0.902 bits per heavy atom. The van der Waals surface area contributed by atoms with Crippen LogP contribution in [0, 0.1) is 23.2 Å². The monoisotopic (exact) mass is 581 g/mol. The summed E-state index contributed by atoms with van der Waals surface area (Å²) in [5, 5.41) is 19.6. The van der Waals surface area contributed by atoms with Gasteiger partial charge < -0.3 is 10.2 Å². The molecule has 0 aromatic heterocycles. The lowest BCUT2D eigenvalue weighted by atomic mass is 9.61. The van der Waals surface area contributed by atoms with Crippen molar-refractivity contribution in [3.8, 4) is 0 Å². The first-order chi connectivity index (χ1) is 19.8. The zero-order valence-electron chi connectivity index (χ0n) is 28.3. The molecule has 3 unspecified atom stereocenters. The van der Waals surface area contributed by atoms with E-state index in [-0.39, 0.29) is 5.92 Å². The Labute approximate surface area is 256 Å². The number of carboxylic acid groups (broad SMARTS) is 2. The van der Waals surface area contributed by atoms with Gasteiger partial charge in [-0.1, -0.05) is 169 Å². The lowest BCUT2D eigenvalue weighted by Crippen LogP contribution is -2.42. The van der Waals surface area contributed by atoms with E-state index in [1.54, 1.807) is 0 Å². The molecule has 0 fully saturated rings. The summed E-state index contributed by atoms with van der Waals surface area (Å²) < 4.78 is 0. The van der Waals surface area contributed by atoms with E-state index in [4.69, 9.17) is 5.11 Å². The van der Waals surface area contributed by atoms with Gasteiger partial charge in [-0.25, -0.2) is 0 Å². The van der Waals surface area contributed by atoms with E-state index in [1.807, 2.05) is 0 Å². The molecule has 0 bridgehead atoms. The molecule has 41 heavy (non-hydrogen) atoms. The Balaban J connectivity index is 4.73. The Morgan fingerprint density at radius 1 is 0.512 bits per heavy atom. The highest BCUT2D eigenvalue weighted by Gasteiger charge is 2.46.